The van der Waals surface area contributed by atoms with Crippen molar-refractivity contribution in [2.24, 2.45) is 5.92 Å². The summed E-state index contributed by atoms with van der Waals surface area (Å²) in [6.45, 7) is 0. The summed E-state index contributed by atoms with van der Waals surface area (Å²) in [5.74, 6) is 1.19. The van der Waals surface area contributed by atoms with Gasteiger partial charge < -0.3 is 0 Å². The average molecular weight is 276 g/mol. The summed E-state index contributed by atoms with van der Waals surface area (Å²) in [6.07, 6.45) is 5.43. The van der Waals surface area contributed by atoms with E-state index in [1.807, 2.05) is 12.1 Å². The first-order valence-corrected chi connectivity index (χ1v) is 8.03. The SMILES string of the molecule is O=C1c2ccccc2CCCC1CC1Cc2ccccc21. The van der Waals surface area contributed by atoms with Crippen LogP contribution >= 0.6 is 0 Å². The van der Waals surface area contributed by atoms with E-state index in [0.717, 1.165) is 37.7 Å². The fraction of sp³-hybridized carbons (Fsp3) is 0.350. The van der Waals surface area contributed by atoms with Crippen molar-refractivity contribution < 1.29 is 4.79 Å². The van der Waals surface area contributed by atoms with Crippen LogP contribution < -0.4 is 0 Å². The molecule has 1 nitrogen and oxygen atoms in total. The molecule has 2 aromatic carbocycles. The lowest BCUT2D eigenvalue weighted by Crippen LogP contribution is -2.24. The largest absolute Gasteiger partial charge is 0.294 e. The fourth-order valence-electron chi connectivity index (χ4n) is 4.01. The van der Waals surface area contributed by atoms with Gasteiger partial charge in [0.2, 0.25) is 0 Å². The molecule has 0 amide bonds. The van der Waals surface area contributed by atoms with Gasteiger partial charge in [0.15, 0.2) is 5.78 Å². The van der Waals surface area contributed by atoms with Gasteiger partial charge in [0, 0.05) is 11.5 Å². The maximum atomic E-state index is 12.8. The van der Waals surface area contributed by atoms with Crippen LogP contribution in [0.25, 0.3) is 0 Å². The van der Waals surface area contributed by atoms with Crippen molar-refractivity contribution in [3.05, 3.63) is 70.8 Å². The maximum absolute atomic E-state index is 12.8. The van der Waals surface area contributed by atoms with Gasteiger partial charge >= 0.3 is 0 Å². The molecule has 2 atom stereocenters. The molecule has 2 aliphatic carbocycles. The molecule has 0 saturated carbocycles. The zero-order valence-electron chi connectivity index (χ0n) is 12.2. The first-order chi connectivity index (χ1) is 10.3. The number of ketones is 1. The van der Waals surface area contributed by atoms with Crippen LogP contribution in [0.1, 0.15) is 52.2 Å². The van der Waals surface area contributed by atoms with Crippen LogP contribution in [0.4, 0.5) is 0 Å². The van der Waals surface area contributed by atoms with E-state index in [0.29, 0.717) is 11.7 Å². The van der Waals surface area contributed by atoms with Gasteiger partial charge in [-0.2, -0.15) is 0 Å². The van der Waals surface area contributed by atoms with Gasteiger partial charge in [0.25, 0.3) is 0 Å². The molecule has 0 saturated heterocycles. The summed E-state index contributed by atoms with van der Waals surface area (Å²) in [5, 5.41) is 0. The van der Waals surface area contributed by atoms with E-state index in [-0.39, 0.29) is 5.92 Å². The van der Waals surface area contributed by atoms with Crippen LogP contribution in [0, 0.1) is 5.92 Å². The minimum absolute atomic E-state index is 0.215. The zero-order chi connectivity index (χ0) is 14.2. The van der Waals surface area contributed by atoms with Crippen molar-refractivity contribution in [1.29, 1.82) is 0 Å². The zero-order valence-corrected chi connectivity index (χ0v) is 12.2. The molecule has 2 aliphatic rings. The molecule has 0 spiro atoms. The fourth-order valence-corrected chi connectivity index (χ4v) is 4.01. The Bertz CT molecular complexity index is 686. The van der Waals surface area contributed by atoms with Crippen LogP contribution in [0.3, 0.4) is 0 Å². The maximum Gasteiger partial charge on any atom is 0.166 e. The van der Waals surface area contributed by atoms with E-state index < -0.39 is 0 Å². The van der Waals surface area contributed by atoms with Crippen molar-refractivity contribution >= 4 is 5.78 Å². The normalized spacial score (nSPS) is 23.7. The second kappa shape index (κ2) is 5.14. The summed E-state index contributed by atoms with van der Waals surface area (Å²) >= 11 is 0. The van der Waals surface area contributed by atoms with Gasteiger partial charge in [-0.1, -0.05) is 48.5 Å². The molecule has 4 rings (SSSR count). The van der Waals surface area contributed by atoms with Crippen molar-refractivity contribution in [2.45, 2.75) is 38.0 Å². The predicted octanol–water partition coefficient (Wildman–Crippen LogP) is 4.55. The molecule has 2 aromatic rings. The van der Waals surface area contributed by atoms with E-state index in [4.69, 9.17) is 0 Å². The lowest BCUT2D eigenvalue weighted by atomic mass is 9.72. The monoisotopic (exact) mass is 276 g/mol. The average Bonchev–Trinajstić information content (AvgIpc) is 2.65. The van der Waals surface area contributed by atoms with Gasteiger partial charge in [-0.15, -0.1) is 0 Å². The first-order valence-electron chi connectivity index (χ1n) is 8.03. The Morgan fingerprint density at radius 3 is 2.52 bits per heavy atom. The number of benzene rings is 2. The van der Waals surface area contributed by atoms with Gasteiger partial charge in [0.05, 0.1) is 0 Å². The van der Waals surface area contributed by atoms with Crippen molar-refractivity contribution in [2.75, 3.05) is 0 Å². The Labute approximate surface area is 126 Å². The highest BCUT2D eigenvalue weighted by molar-refractivity contribution is 5.99. The number of hydrogen-bond donors (Lipinski definition) is 0. The highest BCUT2D eigenvalue weighted by Crippen LogP contribution is 2.41. The quantitative estimate of drug-likeness (QED) is 0.735. The second-order valence-corrected chi connectivity index (χ2v) is 6.45. The topological polar surface area (TPSA) is 17.1 Å². The van der Waals surface area contributed by atoms with Gasteiger partial charge in [-0.25, -0.2) is 0 Å². The molecular formula is C20H20O. The minimum atomic E-state index is 0.215. The van der Waals surface area contributed by atoms with E-state index in [9.17, 15) is 4.79 Å². The molecule has 0 N–H and O–H groups in total. The third-order valence-electron chi connectivity index (χ3n) is 5.18. The molecule has 106 valence electrons. The van der Waals surface area contributed by atoms with Crippen LogP contribution in [-0.4, -0.2) is 5.78 Å². The van der Waals surface area contributed by atoms with Crippen molar-refractivity contribution in [1.82, 2.24) is 0 Å². The summed E-state index contributed by atoms with van der Waals surface area (Å²) in [5.41, 5.74) is 5.18. The summed E-state index contributed by atoms with van der Waals surface area (Å²) < 4.78 is 0. The molecule has 1 heteroatoms. The molecule has 0 heterocycles. The summed E-state index contributed by atoms with van der Waals surface area (Å²) in [6, 6.07) is 16.9. The van der Waals surface area contributed by atoms with Crippen LogP contribution in [0.15, 0.2) is 48.5 Å². The molecule has 0 aromatic heterocycles. The number of carbonyl (C=O) groups is 1. The lowest BCUT2D eigenvalue weighted by molar-refractivity contribution is 0.0901. The molecule has 2 unspecified atom stereocenters. The third kappa shape index (κ3) is 2.21. The van der Waals surface area contributed by atoms with Gasteiger partial charge in [-0.05, 0) is 54.7 Å². The van der Waals surface area contributed by atoms with Crippen molar-refractivity contribution in [3.63, 3.8) is 0 Å². The van der Waals surface area contributed by atoms with Crippen LogP contribution in [0.2, 0.25) is 0 Å². The Kier molecular flexibility index (Phi) is 3.14. The molecule has 21 heavy (non-hydrogen) atoms. The number of carbonyl (C=O) groups excluding carboxylic acids is 1. The Hall–Kier alpha value is -1.89. The van der Waals surface area contributed by atoms with E-state index in [1.165, 1.54) is 16.7 Å². The second-order valence-electron chi connectivity index (χ2n) is 6.45. The highest BCUT2D eigenvalue weighted by atomic mass is 16.1. The van der Waals surface area contributed by atoms with E-state index in [2.05, 4.69) is 36.4 Å². The number of hydrogen-bond acceptors (Lipinski definition) is 1. The van der Waals surface area contributed by atoms with Crippen LogP contribution in [-0.2, 0) is 12.8 Å². The van der Waals surface area contributed by atoms with E-state index in [1.54, 1.807) is 0 Å². The summed E-state index contributed by atoms with van der Waals surface area (Å²) in [7, 11) is 0. The van der Waals surface area contributed by atoms with E-state index >= 15 is 0 Å². The summed E-state index contributed by atoms with van der Waals surface area (Å²) in [4.78, 5) is 12.8. The standard InChI is InChI=1S/C20H20O/c21-20-16(9-5-8-14-6-1-4-11-19(14)20)13-17-12-15-7-2-3-10-18(15)17/h1-4,6-7,10-11,16-17H,5,8-9,12-13H2. The number of Topliss-reactive ketones (excluding diaryl/α,β-unsaturated/α-hetero) is 1. The highest BCUT2D eigenvalue weighted by Gasteiger charge is 2.32. The Morgan fingerprint density at radius 1 is 0.905 bits per heavy atom. The number of rotatable bonds is 2. The molecular weight excluding hydrogens is 256 g/mol. The van der Waals surface area contributed by atoms with Gasteiger partial charge in [0.1, 0.15) is 0 Å². The molecule has 0 bridgehead atoms. The molecule has 0 aliphatic heterocycles. The minimum Gasteiger partial charge on any atom is -0.294 e. The first kappa shape index (κ1) is 12.8. The van der Waals surface area contributed by atoms with Crippen molar-refractivity contribution in [3.8, 4) is 0 Å². The third-order valence-corrected chi connectivity index (χ3v) is 5.18. The van der Waals surface area contributed by atoms with Crippen LogP contribution in [0.5, 0.6) is 0 Å². The number of fused-ring (bicyclic) bond motifs is 2. The van der Waals surface area contributed by atoms with Gasteiger partial charge in [-0.3, -0.25) is 4.79 Å². The lowest BCUT2D eigenvalue weighted by Gasteiger charge is -2.32. The molecule has 0 fully saturated rings. The number of aryl methyl sites for hydroxylation is 1. The Balaban J connectivity index is 1.56. The smallest absolute Gasteiger partial charge is 0.166 e. The predicted molar refractivity (Wildman–Crippen MR) is 84.7 cm³/mol. The molecule has 0 radical (unpaired) electrons. The Morgan fingerprint density at radius 2 is 1.67 bits per heavy atom.